The van der Waals surface area contributed by atoms with E-state index in [1.807, 2.05) is 4.90 Å². The fourth-order valence-corrected chi connectivity index (χ4v) is 4.05. The molecule has 4 rings (SSSR count). The monoisotopic (exact) mass is 398 g/mol. The predicted octanol–water partition coefficient (Wildman–Crippen LogP) is 0.995. The highest BCUT2D eigenvalue weighted by atomic mass is 19.1. The second kappa shape index (κ2) is 7.41. The number of nitrogens with one attached hydrogen (secondary N) is 1. The smallest absolute Gasteiger partial charge is 0.310 e. The second-order valence-corrected chi connectivity index (χ2v) is 7.20. The molecule has 3 atom stereocenters. The lowest BCUT2D eigenvalue weighted by Crippen LogP contribution is -2.66. The quantitative estimate of drug-likeness (QED) is 0.750. The Hall–Kier alpha value is -3.04. The molecule has 9 heteroatoms. The largest absolute Gasteiger partial charge is 0.328 e. The van der Waals surface area contributed by atoms with Crippen LogP contribution in [-0.2, 0) is 4.79 Å². The number of fused-ring (bicyclic) bond motifs is 3. The van der Waals surface area contributed by atoms with E-state index in [0.717, 1.165) is 5.56 Å². The summed E-state index contributed by atoms with van der Waals surface area (Å²) < 4.78 is 13.4. The fraction of sp³-hybridized carbons (Fsp3) is 0.350. The number of hydrogen-bond acceptors (Lipinski definition) is 6. The number of carbonyl (C=O) groups excluding carboxylic acids is 2. The third-order valence-corrected chi connectivity index (χ3v) is 5.43. The summed E-state index contributed by atoms with van der Waals surface area (Å²) in [6, 6.07) is 5.18. The highest BCUT2D eigenvalue weighted by molar-refractivity contribution is 6.04. The fourth-order valence-electron chi connectivity index (χ4n) is 4.05. The maximum absolute atomic E-state index is 13.4. The molecule has 0 radical (unpaired) electrons. The summed E-state index contributed by atoms with van der Waals surface area (Å²) in [5.41, 5.74) is 1.49. The topological polar surface area (TPSA) is 71.5 Å². The van der Waals surface area contributed by atoms with Crippen LogP contribution in [0.25, 0.3) is 0 Å². The Morgan fingerprint density at radius 1 is 1.21 bits per heavy atom. The first-order chi connectivity index (χ1) is 14.0. The lowest BCUT2D eigenvalue weighted by atomic mass is 10.1. The van der Waals surface area contributed by atoms with Gasteiger partial charge in [-0.15, -0.1) is 13.2 Å². The average molecular weight is 398 g/mol. The van der Waals surface area contributed by atoms with E-state index < -0.39 is 12.2 Å². The molecule has 0 bridgehead atoms. The standard InChI is InChI=1S/C20H23FN6O2/c1-4-10-25-18(28)16-17(24(3)20(25)29)22-19-26(16)12-15(23-27(19)11-5-2)13-6-8-14(21)9-7-13/h4-9,16-17,19,22H,1-2,10-12H2,3H3. The van der Waals surface area contributed by atoms with Crippen LogP contribution in [0.4, 0.5) is 9.18 Å². The number of carbonyl (C=O) groups is 2. The van der Waals surface area contributed by atoms with E-state index in [4.69, 9.17) is 5.10 Å². The van der Waals surface area contributed by atoms with Crippen LogP contribution in [0, 0.1) is 5.82 Å². The molecule has 3 unspecified atom stereocenters. The number of rotatable bonds is 5. The van der Waals surface area contributed by atoms with E-state index in [2.05, 4.69) is 18.5 Å². The van der Waals surface area contributed by atoms with Gasteiger partial charge in [-0.2, -0.15) is 5.10 Å². The normalized spacial score (nSPS) is 26.9. The van der Waals surface area contributed by atoms with Gasteiger partial charge in [-0.3, -0.25) is 20.0 Å². The van der Waals surface area contributed by atoms with Crippen LogP contribution in [-0.4, -0.2) is 82.5 Å². The van der Waals surface area contributed by atoms with Gasteiger partial charge in [-0.25, -0.2) is 14.1 Å². The van der Waals surface area contributed by atoms with Crippen LogP contribution in [0.1, 0.15) is 5.56 Å². The number of benzene rings is 1. The van der Waals surface area contributed by atoms with E-state index in [1.165, 1.54) is 28.0 Å². The summed E-state index contributed by atoms with van der Waals surface area (Å²) in [6.45, 7) is 8.42. The van der Waals surface area contributed by atoms with Gasteiger partial charge in [0.05, 0.1) is 12.3 Å². The van der Waals surface area contributed by atoms with Crippen molar-refractivity contribution < 1.29 is 14.0 Å². The van der Waals surface area contributed by atoms with Crippen molar-refractivity contribution in [1.29, 1.82) is 0 Å². The molecule has 1 N–H and O–H groups in total. The van der Waals surface area contributed by atoms with Gasteiger partial charge < -0.3 is 4.90 Å². The molecule has 2 saturated heterocycles. The van der Waals surface area contributed by atoms with Crippen LogP contribution in [0.2, 0.25) is 0 Å². The molecule has 152 valence electrons. The summed E-state index contributed by atoms with van der Waals surface area (Å²) in [4.78, 5) is 30.5. The number of hydrazone groups is 1. The predicted molar refractivity (Wildman–Crippen MR) is 106 cm³/mol. The Morgan fingerprint density at radius 2 is 1.90 bits per heavy atom. The maximum atomic E-state index is 13.4. The first kappa shape index (κ1) is 19.3. The van der Waals surface area contributed by atoms with Gasteiger partial charge in [0.1, 0.15) is 18.0 Å². The van der Waals surface area contributed by atoms with Crippen molar-refractivity contribution in [2.45, 2.75) is 18.5 Å². The lowest BCUT2D eigenvalue weighted by molar-refractivity contribution is -0.138. The molecule has 0 spiro atoms. The minimum Gasteiger partial charge on any atom is -0.310 e. The van der Waals surface area contributed by atoms with Crippen molar-refractivity contribution in [3.63, 3.8) is 0 Å². The molecule has 3 aliphatic rings. The molecular formula is C20H23FN6O2. The van der Waals surface area contributed by atoms with Crippen molar-refractivity contribution in [3.05, 3.63) is 61.0 Å². The first-order valence-corrected chi connectivity index (χ1v) is 9.38. The second-order valence-electron chi connectivity index (χ2n) is 7.20. The van der Waals surface area contributed by atoms with Gasteiger partial charge in [0.25, 0.3) is 5.91 Å². The molecular weight excluding hydrogens is 375 g/mol. The van der Waals surface area contributed by atoms with Crippen molar-refractivity contribution in [2.75, 3.05) is 26.7 Å². The van der Waals surface area contributed by atoms with Crippen LogP contribution >= 0.6 is 0 Å². The van der Waals surface area contributed by atoms with Crippen molar-refractivity contribution in [3.8, 4) is 0 Å². The van der Waals surface area contributed by atoms with Crippen molar-refractivity contribution in [2.24, 2.45) is 5.10 Å². The van der Waals surface area contributed by atoms with Gasteiger partial charge >= 0.3 is 6.03 Å². The third-order valence-electron chi connectivity index (χ3n) is 5.43. The summed E-state index contributed by atoms with van der Waals surface area (Å²) in [7, 11) is 1.67. The molecule has 3 amide bonds. The molecule has 3 heterocycles. The Bertz CT molecular complexity index is 885. The van der Waals surface area contributed by atoms with Crippen LogP contribution in [0.15, 0.2) is 54.7 Å². The number of amides is 3. The van der Waals surface area contributed by atoms with E-state index in [0.29, 0.717) is 18.8 Å². The number of nitrogens with zero attached hydrogens (tertiary/aromatic N) is 5. The van der Waals surface area contributed by atoms with Crippen molar-refractivity contribution in [1.82, 2.24) is 25.0 Å². The van der Waals surface area contributed by atoms with E-state index in [-0.39, 0.29) is 30.6 Å². The number of likely N-dealkylation sites (N-methyl/N-ethyl adjacent to an activating group) is 1. The van der Waals surface area contributed by atoms with E-state index in [9.17, 15) is 14.0 Å². The maximum Gasteiger partial charge on any atom is 0.328 e. The molecule has 29 heavy (non-hydrogen) atoms. The average Bonchev–Trinajstić information content (AvgIpc) is 3.10. The van der Waals surface area contributed by atoms with Gasteiger partial charge in [0.2, 0.25) is 0 Å². The summed E-state index contributed by atoms with van der Waals surface area (Å²) in [5.74, 6) is -0.594. The molecule has 1 aromatic carbocycles. The third kappa shape index (κ3) is 3.12. The number of imide groups is 1. The molecule has 1 aromatic rings. The number of halogens is 1. The zero-order chi connectivity index (χ0) is 20.7. The highest BCUT2D eigenvalue weighted by Gasteiger charge is 2.56. The summed E-state index contributed by atoms with van der Waals surface area (Å²) in [6.07, 6.45) is 2.42. The SMILES string of the molecule is C=CCN1C(=O)C2C(NC3N(CC=C)N=C(c4ccc(F)cc4)CN23)N(C)C1=O. The van der Waals surface area contributed by atoms with E-state index in [1.54, 1.807) is 30.3 Å². The van der Waals surface area contributed by atoms with E-state index >= 15 is 0 Å². The Labute approximate surface area is 168 Å². The molecule has 0 saturated carbocycles. The number of urea groups is 1. The molecule has 0 aliphatic carbocycles. The van der Waals surface area contributed by atoms with Gasteiger partial charge in [-0.05, 0) is 17.7 Å². The molecule has 2 fully saturated rings. The van der Waals surface area contributed by atoms with Crippen LogP contribution in [0.3, 0.4) is 0 Å². The van der Waals surface area contributed by atoms with Crippen LogP contribution < -0.4 is 5.32 Å². The van der Waals surface area contributed by atoms with Crippen LogP contribution in [0.5, 0.6) is 0 Å². The molecule has 0 aromatic heterocycles. The Kier molecular flexibility index (Phi) is 4.93. The minimum absolute atomic E-state index is 0.152. The van der Waals surface area contributed by atoms with Crippen molar-refractivity contribution >= 4 is 17.6 Å². The Morgan fingerprint density at radius 3 is 2.55 bits per heavy atom. The van der Waals surface area contributed by atoms with Gasteiger partial charge in [-0.1, -0.05) is 24.3 Å². The highest BCUT2D eigenvalue weighted by Crippen LogP contribution is 2.31. The lowest BCUT2D eigenvalue weighted by Gasteiger charge is -2.42. The zero-order valence-corrected chi connectivity index (χ0v) is 16.2. The summed E-state index contributed by atoms with van der Waals surface area (Å²) >= 11 is 0. The zero-order valence-electron chi connectivity index (χ0n) is 16.2. The van der Waals surface area contributed by atoms with Gasteiger partial charge in [0.15, 0.2) is 6.29 Å². The van der Waals surface area contributed by atoms with Gasteiger partial charge in [0, 0.05) is 20.1 Å². The number of hydrogen-bond donors (Lipinski definition) is 1. The Balaban J connectivity index is 1.70. The summed E-state index contributed by atoms with van der Waals surface area (Å²) in [5, 5.41) is 9.85. The minimum atomic E-state index is -0.569. The molecule has 3 aliphatic heterocycles. The molecule has 8 nitrogen and oxygen atoms in total. The first-order valence-electron chi connectivity index (χ1n) is 9.38.